The van der Waals surface area contributed by atoms with Gasteiger partial charge in [-0.2, -0.15) is 0 Å². The first-order valence-electron chi connectivity index (χ1n) is 18.5. The van der Waals surface area contributed by atoms with E-state index in [0.29, 0.717) is 5.92 Å². The lowest BCUT2D eigenvalue weighted by molar-refractivity contribution is 0.279. The van der Waals surface area contributed by atoms with Gasteiger partial charge in [0.25, 0.3) is 0 Å². The topological polar surface area (TPSA) is 0 Å². The van der Waals surface area contributed by atoms with Gasteiger partial charge in [0.05, 0.1) is 0 Å². The predicted octanol–water partition coefficient (Wildman–Crippen LogP) is 15.1. The highest BCUT2D eigenvalue weighted by Gasteiger charge is 2.17. The Bertz CT molecular complexity index is 621. The Kier molecular flexibility index (Phi) is 34.5. The van der Waals surface area contributed by atoms with Crippen LogP contribution < -0.4 is 0 Å². The largest absolute Gasteiger partial charge is 0.0851 e. The fourth-order valence-corrected chi connectivity index (χ4v) is 5.65. The molecule has 1 aromatic carbocycles. The van der Waals surface area contributed by atoms with Crippen molar-refractivity contribution >= 4 is 0 Å². The summed E-state index contributed by atoms with van der Waals surface area (Å²) in [5, 5.41) is 0. The zero-order valence-corrected chi connectivity index (χ0v) is 31.1. The van der Waals surface area contributed by atoms with Gasteiger partial charge in [-0.15, -0.1) is 0 Å². The second-order valence-electron chi connectivity index (χ2n) is 12.7. The molecular formula is C41H80. The van der Waals surface area contributed by atoms with Gasteiger partial charge in [0.2, 0.25) is 0 Å². The molecule has 244 valence electrons. The Morgan fingerprint density at radius 2 is 0.902 bits per heavy atom. The van der Waals surface area contributed by atoms with Crippen LogP contribution in [-0.4, -0.2) is 0 Å². The van der Waals surface area contributed by atoms with Crippen LogP contribution in [0.5, 0.6) is 0 Å². The van der Waals surface area contributed by atoms with E-state index in [-0.39, 0.29) is 0 Å². The van der Waals surface area contributed by atoms with Crippen LogP contribution in [0.15, 0.2) is 42.0 Å². The van der Waals surface area contributed by atoms with Crippen molar-refractivity contribution in [1.29, 1.82) is 0 Å². The molecule has 0 bridgehead atoms. The van der Waals surface area contributed by atoms with Crippen molar-refractivity contribution in [3.63, 3.8) is 0 Å². The van der Waals surface area contributed by atoms with E-state index in [1.165, 1.54) is 89.0 Å². The van der Waals surface area contributed by atoms with E-state index >= 15 is 0 Å². The predicted molar refractivity (Wildman–Crippen MR) is 194 cm³/mol. The summed E-state index contributed by atoms with van der Waals surface area (Å²) in [5.74, 6) is 5.45. The van der Waals surface area contributed by atoms with Gasteiger partial charge >= 0.3 is 0 Å². The molecule has 0 heteroatoms. The van der Waals surface area contributed by atoms with E-state index in [1.54, 1.807) is 5.57 Å². The number of hydrogen-bond acceptors (Lipinski definition) is 0. The molecule has 0 N–H and O–H groups in total. The lowest BCUT2D eigenvalue weighted by Crippen LogP contribution is -2.12. The highest BCUT2D eigenvalue weighted by molar-refractivity contribution is 5.17. The first-order chi connectivity index (χ1) is 19.7. The zero-order valence-electron chi connectivity index (χ0n) is 31.1. The maximum Gasteiger partial charge on any atom is -0.0219 e. The average molecular weight is 573 g/mol. The highest BCUT2D eigenvalue weighted by atomic mass is 14.2. The highest BCUT2D eigenvalue weighted by Crippen LogP contribution is 2.30. The Hall–Kier alpha value is -1.04. The quantitative estimate of drug-likeness (QED) is 0.315. The summed E-state index contributed by atoms with van der Waals surface area (Å²) in [6.07, 6.45) is 21.4. The third-order valence-electron chi connectivity index (χ3n) is 8.47. The van der Waals surface area contributed by atoms with Crippen molar-refractivity contribution in [1.82, 2.24) is 0 Å². The van der Waals surface area contributed by atoms with Crippen molar-refractivity contribution in [3.05, 3.63) is 47.5 Å². The van der Waals surface area contributed by atoms with Crippen LogP contribution in [0.1, 0.15) is 192 Å². The van der Waals surface area contributed by atoms with Gasteiger partial charge in [-0.3, -0.25) is 0 Å². The molecule has 0 amide bonds. The van der Waals surface area contributed by atoms with Gasteiger partial charge in [-0.1, -0.05) is 197 Å². The Morgan fingerprint density at radius 3 is 1.15 bits per heavy atom. The minimum atomic E-state index is 0.659. The van der Waals surface area contributed by atoms with E-state index in [2.05, 4.69) is 85.7 Å². The third kappa shape index (κ3) is 25.2. The fourth-order valence-electron chi connectivity index (χ4n) is 5.65. The van der Waals surface area contributed by atoms with Gasteiger partial charge in [0.1, 0.15) is 0 Å². The van der Waals surface area contributed by atoms with Crippen LogP contribution in [0, 0.1) is 29.6 Å². The number of allylic oxidation sites excluding steroid dienone is 2. The molecule has 0 unspecified atom stereocenters. The normalized spacial score (nSPS) is 16.6. The monoisotopic (exact) mass is 573 g/mol. The maximum atomic E-state index is 2.42. The molecule has 3 aliphatic rings. The van der Waals surface area contributed by atoms with Gasteiger partial charge in [0.15, 0.2) is 0 Å². The van der Waals surface area contributed by atoms with Gasteiger partial charge in [0, 0.05) is 0 Å². The SMILES string of the molecule is CC.CC.CC.CC(C)C1=CCCCC1.CC(C)C1CCCC1.CC(C)C1CCCCC1.CC(C)c1ccccc1. The van der Waals surface area contributed by atoms with Crippen LogP contribution in [0.4, 0.5) is 0 Å². The molecular weight excluding hydrogens is 492 g/mol. The molecule has 3 aliphatic carbocycles. The summed E-state index contributed by atoms with van der Waals surface area (Å²) in [4.78, 5) is 0. The number of benzene rings is 1. The summed E-state index contributed by atoms with van der Waals surface area (Å²) in [5.41, 5.74) is 3.10. The molecule has 1 aromatic rings. The van der Waals surface area contributed by atoms with Gasteiger partial charge in [-0.25, -0.2) is 0 Å². The molecule has 0 saturated heterocycles. The van der Waals surface area contributed by atoms with Crippen molar-refractivity contribution in [3.8, 4) is 0 Å². The van der Waals surface area contributed by atoms with Crippen molar-refractivity contribution < 1.29 is 0 Å². The van der Waals surface area contributed by atoms with Crippen LogP contribution in [0.25, 0.3) is 0 Å². The van der Waals surface area contributed by atoms with Crippen molar-refractivity contribution in [2.75, 3.05) is 0 Å². The third-order valence-corrected chi connectivity index (χ3v) is 8.47. The van der Waals surface area contributed by atoms with E-state index < -0.39 is 0 Å². The molecule has 0 atom stereocenters. The lowest BCUT2D eigenvalue weighted by atomic mass is 9.82. The molecule has 0 heterocycles. The molecule has 0 radical (unpaired) electrons. The van der Waals surface area contributed by atoms with E-state index in [4.69, 9.17) is 0 Å². The van der Waals surface area contributed by atoms with Crippen LogP contribution in [0.3, 0.4) is 0 Å². The molecule has 0 spiro atoms. The van der Waals surface area contributed by atoms with Gasteiger partial charge in [-0.05, 0) is 66.8 Å². The lowest BCUT2D eigenvalue weighted by Gasteiger charge is -2.24. The Labute approximate surface area is 263 Å². The van der Waals surface area contributed by atoms with E-state index in [9.17, 15) is 0 Å². The van der Waals surface area contributed by atoms with Gasteiger partial charge < -0.3 is 0 Å². The fraction of sp³-hybridized carbons (Fsp3) is 0.805. The number of rotatable bonds is 4. The first kappa shape index (κ1) is 44.4. The van der Waals surface area contributed by atoms with Crippen molar-refractivity contribution in [2.24, 2.45) is 29.6 Å². The summed E-state index contributed by atoms with van der Waals surface area (Å²) in [6, 6.07) is 10.5. The molecule has 2 saturated carbocycles. The first-order valence-corrected chi connectivity index (χ1v) is 18.5. The Morgan fingerprint density at radius 1 is 0.488 bits per heavy atom. The van der Waals surface area contributed by atoms with Crippen molar-refractivity contribution in [2.45, 2.75) is 186 Å². The van der Waals surface area contributed by atoms with Crippen LogP contribution in [-0.2, 0) is 0 Å². The molecule has 41 heavy (non-hydrogen) atoms. The minimum absolute atomic E-state index is 0.659. The molecule has 0 nitrogen and oxygen atoms in total. The molecule has 0 aromatic heterocycles. The average Bonchev–Trinajstić information content (AvgIpc) is 3.58. The summed E-state index contributed by atoms with van der Waals surface area (Å²) >= 11 is 0. The Balaban J connectivity index is -0.000000442. The molecule has 2 fully saturated rings. The maximum absolute atomic E-state index is 2.42. The summed E-state index contributed by atoms with van der Waals surface area (Å²) < 4.78 is 0. The zero-order chi connectivity index (χ0) is 32.1. The second kappa shape index (κ2) is 31.9. The second-order valence-corrected chi connectivity index (χ2v) is 12.7. The number of hydrogen-bond donors (Lipinski definition) is 0. The molecule has 4 rings (SSSR count). The van der Waals surface area contributed by atoms with Crippen LogP contribution in [0.2, 0.25) is 0 Å². The van der Waals surface area contributed by atoms with E-state index in [1.807, 2.05) is 47.6 Å². The smallest absolute Gasteiger partial charge is 0.0219 e. The molecule has 0 aliphatic heterocycles. The summed E-state index contributed by atoms with van der Waals surface area (Å²) in [6.45, 7) is 30.4. The standard InChI is InChI=1S/C9H18.C9H16.C9H12.C8H16.3C2H6/c3*1-8(2)9-6-4-3-5-7-9;1-7(2)8-5-3-4-6-8;3*1-2/h8-9H,3-7H2,1-2H3;6,8H,3-5,7H2,1-2H3;3-8H,1-2H3;7-8H,3-6H2,1-2H3;3*1-2H3. The van der Waals surface area contributed by atoms with Crippen LogP contribution >= 0.6 is 0 Å². The summed E-state index contributed by atoms with van der Waals surface area (Å²) in [7, 11) is 0. The minimum Gasteiger partial charge on any atom is -0.0851 e. The van der Waals surface area contributed by atoms with E-state index in [0.717, 1.165) is 29.6 Å².